The molecule has 0 saturated heterocycles. The monoisotopic (exact) mass is 769 g/mol. The van der Waals surface area contributed by atoms with Crippen molar-refractivity contribution in [3.63, 3.8) is 0 Å². The molecule has 0 spiro atoms. The molecule has 13 heteroatoms. The lowest BCUT2D eigenvalue weighted by atomic mass is 10.2. The van der Waals surface area contributed by atoms with Crippen LogP contribution in [0.4, 0.5) is 0 Å². The summed E-state index contributed by atoms with van der Waals surface area (Å²) in [6.07, 6.45) is 12.5. The van der Waals surface area contributed by atoms with E-state index in [4.69, 9.17) is 18.9 Å². The molecule has 0 radical (unpaired) electrons. The summed E-state index contributed by atoms with van der Waals surface area (Å²) < 4.78 is 51.1. The second-order valence-corrected chi connectivity index (χ2v) is 10.4. The topological polar surface area (TPSA) is 117 Å². The number of rotatable bonds is 22. The van der Waals surface area contributed by atoms with Crippen molar-refractivity contribution in [2.24, 2.45) is 0 Å². The second kappa shape index (κ2) is 98.0. The molecular weight excluding hydrogens is 672 g/mol. The van der Waals surface area contributed by atoms with Crippen molar-refractivity contribution < 1.29 is 52.1 Å². The third kappa shape index (κ3) is 180. The number of likely N-dealkylation sites (N-methyl/N-ethyl adjacent to an activating group) is 2. The van der Waals surface area contributed by atoms with E-state index in [0.29, 0.717) is 20.0 Å². The number of nitrogens with zero attached hydrogens (tertiary/aromatic N) is 1. The van der Waals surface area contributed by atoms with Gasteiger partial charge in [-0.3, -0.25) is 0 Å². The van der Waals surface area contributed by atoms with Crippen molar-refractivity contribution in [2.45, 2.75) is 92.8 Å². The Hall–Kier alpha value is -0.940. The number of unbranched alkanes of at least 4 members (excludes halogenated alkanes) is 4. The van der Waals surface area contributed by atoms with Crippen molar-refractivity contribution in [3.05, 3.63) is 12.3 Å². The Morgan fingerprint density at radius 1 is 0.519 bits per heavy atom. The average Bonchev–Trinajstić information content (AvgIpc) is 3.16. The molecule has 0 unspecified atom stereocenters. The number of hydrogen-bond acceptors (Lipinski definition) is 13. The van der Waals surface area contributed by atoms with Crippen molar-refractivity contribution in [2.75, 3.05) is 159 Å². The zero-order chi connectivity index (χ0) is 42.4. The van der Waals surface area contributed by atoms with Gasteiger partial charge < -0.3 is 62.3 Å². The Balaban J connectivity index is -0.0000000573. The fraction of sp³-hybridized carbons (Fsp3) is 0.949. The molecule has 0 fully saturated rings. The first-order valence-corrected chi connectivity index (χ1v) is 18.4. The predicted octanol–water partition coefficient (Wildman–Crippen LogP) is 7.42. The third-order valence-corrected chi connectivity index (χ3v) is 5.03. The van der Waals surface area contributed by atoms with Crippen LogP contribution in [0.3, 0.4) is 0 Å². The van der Waals surface area contributed by atoms with Gasteiger partial charge in [0.05, 0.1) is 39.8 Å². The quantitative estimate of drug-likeness (QED) is 0.0670. The summed E-state index contributed by atoms with van der Waals surface area (Å²) in [7, 11) is 24.1. The minimum atomic E-state index is -0.0648. The van der Waals surface area contributed by atoms with E-state index >= 15 is 0 Å². The highest BCUT2D eigenvalue weighted by Crippen LogP contribution is 1.95. The van der Waals surface area contributed by atoms with Crippen LogP contribution >= 0.6 is 0 Å². The fourth-order valence-corrected chi connectivity index (χ4v) is 1.99. The maximum Gasteiger partial charge on any atom is 0.154 e. The Morgan fingerprint density at radius 2 is 0.923 bits per heavy atom. The summed E-state index contributed by atoms with van der Waals surface area (Å²) in [4.78, 5) is 2.09. The molecule has 0 aliphatic carbocycles. The average molecular weight is 769 g/mol. The first kappa shape index (κ1) is 72.3. The standard InChI is InChI=1S/C6H14.C5H13NO.C5H12O.C4H11NO.2C4H10O2.C4H10O.C4H8O.C3H8O2/c1-3-5-6-4-2;1-6(2)4-5-7-3;1-3-4-5-6-2;2*1-5-3-4-6-2;1-4(5-2)6-3;2*1-3-4-5-2;1-4-3-5-2/h3-6H2,1-2H3;4-5H2,1-3H3;3-5H2,1-2H3;5H,3-4H2,1-2H3;3-4H2,1-2H3;4H,1-3H3;3-4H2,1-2H3;3-4H,1-2H3;3H2,1-2H3/b;;;;;;;4-3-;. The smallest absolute Gasteiger partial charge is 0.154 e. The number of hydrogen-bond donors (Lipinski definition) is 1. The highest BCUT2D eigenvalue weighted by atomic mass is 16.7. The van der Waals surface area contributed by atoms with E-state index in [0.717, 1.165) is 45.9 Å². The predicted molar refractivity (Wildman–Crippen MR) is 223 cm³/mol. The van der Waals surface area contributed by atoms with Crippen molar-refractivity contribution >= 4 is 0 Å². The van der Waals surface area contributed by atoms with Gasteiger partial charge in [0.15, 0.2) is 6.29 Å². The van der Waals surface area contributed by atoms with Gasteiger partial charge >= 0.3 is 0 Å². The molecule has 0 aromatic carbocycles. The van der Waals surface area contributed by atoms with Crippen LogP contribution in [0.2, 0.25) is 0 Å². The molecule has 52 heavy (non-hydrogen) atoms. The Morgan fingerprint density at radius 3 is 1.02 bits per heavy atom. The van der Waals surface area contributed by atoms with Crippen LogP contribution < -0.4 is 5.32 Å². The molecule has 13 nitrogen and oxygen atoms in total. The summed E-state index contributed by atoms with van der Waals surface area (Å²) in [5, 5.41) is 2.94. The van der Waals surface area contributed by atoms with Crippen molar-refractivity contribution in [1.82, 2.24) is 10.2 Å². The van der Waals surface area contributed by atoms with E-state index in [-0.39, 0.29) is 6.29 Å². The Bertz CT molecular complexity index is 394. The Labute approximate surface area is 326 Å². The molecule has 0 rings (SSSR count). The van der Waals surface area contributed by atoms with Gasteiger partial charge in [0.1, 0.15) is 6.79 Å². The summed E-state index contributed by atoms with van der Waals surface area (Å²) in [6, 6.07) is 0. The van der Waals surface area contributed by atoms with Gasteiger partial charge in [0, 0.05) is 97.4 Å². The minimum Gasteiger partial charge on any atom is -0.505 e. The summed E-state index contributed by atoms with van der Waals surface area (Å²) in [5.41, 5.74) is 0. The van der Waals surface area contributed by atoms with Crippen LogP contribution in [0.25, 0.3) is 0 Å². The molecule has 0 saturated carbocycles. The lowest BCUT2D eigenvalue weighted by Crippen LogP contribution is -2.16. The van der Waals surface area contributed by atoms with Crippen LogP contribution in [-0.4, -0.2) is 170 Å². The number of allylic oxidation sites excluding steroid dienone is 1. The molecule has 0 aromatic rings. The zero-order valence-electron chi connectivity index (χ0n) is 38.5. The normalized spacial score (nSPS) is 9.19. The van der Waals surface area contributed by atoms with Gasteiger partial charge in [-0.05, 0) is 47.8 Å². The van der Waals surface area contributed by atoms with Gasteiger partial charge in [-0.2, -0.15) is 0 Å². The SMILES string of the molecule is C/C=C\OC.CCCCCC.CCCCOC.CCCOC.CNCCOC.COC(C)OC.COCCN(C)C.COCCOC.COCOC. The van der Waals surface area contributed by atoms with E-state index in [1.54, 1.807) is 84.5 Å². The number of methoxy groups -OCH3 is 11. The number of ether oxygens (including phenoxy) is 11. The van der Waals surface area contributed by atoms with E-state index < -0.39 is 0 Å². The molecule has 0 bridgehead atoms. The van der Waals surface area contributed by atoms with Crippen LogP contribution in [-0.2, 0) is 52.1 Å². The van der Waals surface area contributed by atoms with E-state index in [9.17, 15) is 0 Å². The highest BCUT2D eigenvalue weighted by molar-refractivity contribution is 4.63. The van der Waals surface area contributed by atoms with E-state index in [2.05, 4.69) is 71.1 Å². The molecule has 0 amide bonds. The van der Waals surface area contributed by atoms with Crippen molar-refractivity contribution in [3.8, 4) is 0 Å². The fourth-order valence-electron chi connectivity index (χ4n) is 1.99. The minimum absolute atomic E-state index is 0.0648. The summed E-state index contributed by atoms with van der Waals surface area (Å²) in [5.74, 6) is 0. The van der Waals surface area contributed by atoms with E-state index in [1.807, 2.05) is 41.1 Å². The zero-order valence-corrected chi connectivity index (χ0v) is 38.5. The lowest BCUT2D eigenvalue weighted by Gasteiger charge is -2.06. The molecule has 1 N–H and O–H groups in total. The van der Waals surface area contributed by atoms with Crippen LogP contribution in [0, 0.1) is 0 Å². The maximum atomic E-state index is 4.81. The van der Waals surface area contributed by atoms with Crippen molar-refractivity contribution in [1.29, 1.82) is 0 Å². The molecule has 328 valence electrons. The number of nitrogens with one attached hydrogen (secondary N) is 1. The van der Waals surface area contributed by atoms with Crippen LogP contribution in [0.1, 0.15) is 86.5 Å². The summed E-state index contributed by atoms with van der Waals surface area (Å²) >= 11 is 0. The molecule has 0 aliphatic rings. The summed E-state index contributed by atoms with van der Waals surface area (Å²) in [6.45, 7) is 19.6. The molecule has 0 aromatic heterocycles. The van der Waals surface area contributed by atoms with Gasteiger partial charge in [-0.15, -0.1) is 0 Å². The first-order valence-electron chi connectivity index (χ1n) is 18.4. The molecule has 0 heterocycles. The van der Waals surface area contributed by atoms with Crippen LogP contribution in [0.5, 0.6) is 0 Å². The highest BCUT2D eigenvalue weighted by Gasteiger charge is 1.88. The molecule has 0 atom stereocenters. The first-order chi connectivity index (χ1) is 25.0. The largest absolute Gasteiger partial charge is 0.505 e. The molecule has 0 aliphatic heterocycles. The van der Waals surface area contributed by atoms with Gasteiger partial charge in [-0.1, -0.05) is 65.9 Å². The van der Waals surface area contributed by atoms with Crippen LogP contribution in [0.15, 0.2) is 12.3 Å². The van der Waals surface area contributed by atoms with Gasteiger partial charge in [0.25, 0.3) is 0 Å². The van der Waals surface area contributed by atoms with Gasteiger partial charge in [0.2, 0.25) is 0 Å². The van der Waals surface area contributed by atoms with E-state index in [1.165, 1.54) is 38.5 Å². The Kier molecular flexibility index (Phi) is 136. The lowest BCUT2D eigenvalue weighted by molar-refractivity contribution is -0.0877. The maximum absolute atomic E-state index is 4.81. The molecular formula is C39H96N2O11. The second-order valence-electron chi connectivity index (χ2n) is 10.4. The third-order valence-electron chi connectivity index (χ3n) is 5.03. The van der Waals surface area contributed by atoms with Gasteiger partial charge in [-0.25, -0.2) is 0 Å².